The Labute approximate surface area is 126 Å². The normalized spacial score (nSPS) is 22.2. The fourth-order valence-electron chi connectivity index (χ4n) is 2.14. The minimum atomic E-state index is -4.56. The summed E-state index contributed by atoms with van der Waals surface area (Å²) < 4.78 is 60.9. The van der Waals surface area contributed by atoms with E-state index in [-0.39, 0.29) is 24.4 Å². The SMILES string of the molecule is CC1CCN(C(=O)c2ccc(C(F)(F)F)nc2)CCS1(=O)=O. The summed E-state index contributed by atoms with van der Waals surface area (Å²) in [6.45, 7) is 1.87. The highest BCUT2D eigenvalue weighted by molar-refractivity contribution is 7.92. The molecule has 1 aromatic rings. The molecule has 0 radical (unpaired) electrons. The summed E-state index contributed by atoms with van der Waals surface area (Å²) in [7, 11) is -3.23. The number of halogens is 3. The molecule has 0 N–H and O–H groups in total. The van der Waals surface area contributed by atoms with Crippen LogP contribution in [0.2, 0.25) is 0 Å². The van der Waals surface area contributed by atoms with E-state index in [1.54, 1.807) is 6.92 Å². The topological polar surface area (TPSA) is 67.3 Å². The maximum absolute atomic E-state index is 12.4. The molecule has 22 heavy (non-hydrogen) atoms. The molecule has 9 heteroatoms. The molecular formula is C13H15F3N2O3S. The number of nitrogens with zero attached hydrogens (tertiary/aromatic N) is 2. The van der Waals surface area contributed by atoms with Crippen LogP contribution in [0, 0.1) is 0 Å². The minimum absolute atomic E-state index is 0.0138. The zero-order valence-electron chi connectivity index (χ0n) is 11.8. The average molecular weight is 336 g/mol. The summed E-state index contributed by atoms with van der Waals surface area (Å²) in [6.07, 6.45) is -3.39. The van der Waals surface area contributed by atoms with Crippen LogP contribution in [0.1, 0.15) is 29.4 Å². The average Bonchev–Trinajstić information content (AvgIpc) is 2.57. The highest BCUT2D eigenvalue weighted by atomic mass is 32.2. The van der Waals surface area contributed by atoms with Crippen molar-refractivity contribution in [1.29, 1.82) is 0 Å². The summed E-state index contributed by atoms with van der Waals surface area (Å²) in [6, 6.07) is 1.80. The number of carbonyl (C=O) groups excluding carboxylic acids is 1. The molecule has 1 unspecified atom stereocenters. The maximum Gasteiger partial charge on any atom is 0.433 e. The van der Waals surface area contributed by atoms with E-state index >= 15 is 0 Å². The Morgan fingerprint density at radius 3 is 2.55 bits per heavy atom. The van der Waals surface area contributed by atoms with Crippen LogP contribution in [0.25, 0.3) is 0 Å². The number of amides is 1. The van der Waals surface area contributed by atoms with Crippen LogP contribution in [-0.4, -0.2) is 48.3 Å². The molecule has 1 atom stereocenters. The molecular weight excluding hydrogens is 321 g/mol. The molecule has 1 amide bonds. The van der Waals surface area contributed by atoms with Crippen molar-refractivity contribution in [3.05, 3.63) is 29.6 Å². The van der Waals surface area contributed by atoms with Gasteiger partial charge in [0.2, 0.25) is 0 Å². The number of sulfone groups is 1. The van der Waals surface area contributed by atoms with Crippen molar-refractivity contribution in [1.82, 2.24) is 9.88 Å². The van der Waals surface area contributed by atoms with E-state index in [0.717, 1.165) is 18.3 Å². The van der Waals surface area contributed by atoms with Crippen molar-refractivity contribution in [2.24, 2.45) is 0 Å². The second kappa shape index (κ2) is 5.86. The highest BCUT2D eigenvalue weighted by Gasteiger charge is 2.33. The van der Waals surface area contributed by atoms with Gasteiger partial charge in [0.1, 0.15) is 5.69 Å². The van der Waals surface area contributed by atoms with Crippen LogP contribution in [0.15, 0.2) is 18.3 Å². The van der Waals surface area contributed by atoms with Gasteiger partial charge >= 0.3 is 6.18 Å². The van der Waals surface area contributed by atoms with Crippen LogP contribution in [0.5, 0.6) is 0 Å². The van der Waals surface area contributed by atoms with Crippen LogP contribution < -0.4 is 0 Å². The van der Waals surface area contributed by atoms with Crippen molar-refractivity contribution in [3.8, 4) is 0 Å². The van der Waals surface area contributed by atoms with Gasteiger partial charge in [-0.1, -0.05) is 0 Å². The van der Waals surface area contributed by atoms with E-state index in [1.807, 2.05) is 0 Å². The van der Waals surface area contributed by atoms with Crippen LogP contribution >= 0.6 is 0 Å². The molecule has 0 aromatic carbocycles. The van der Waals surface area contributed by atoms with Crippen LogP contribution in [0.3, 0.4) is 0 Å². The van der Waals surface area contributed by atoms with E-state index in [4.69, 9.17) is 0 Å². The lowest BCUT2D eigenvalue weighted by Gasteiger charge is -2.19. The Bertz CT molecular complexity index is 656. The summed E-state index contributed by atoms with van der Waals surface area (Å²) in [4.78, 5) is 16.8. The third-order valence-corrected chi connectivity index (χ3v) is 5.87. The second-order valence-corrected chi connectivity index (χ2v) is 7.73. The minimum Gasteiger partial charge on any atom is -0.338 e. The first-order valence-electron chi connectivity index (χ1n) is 6.65. The van der Waals surface area contributed by atoms with Crippen LogP contribution in [-0.2, 0) is 16.0 Å². The van der Waals surface area contributed by atoms with E-state index in [9.17, 15) is 26.4 Å². The summed E-state index contributed by atoms with van der Waals surface area (Å²) >= 11 is 0. The maximum atomic E-state index is 12.4. The third kappa shape index (κ3) is 3.57. The molecule has 1 aliphatic rings. The number of carbonyl (C=O) groups is 1. The van der Waals surface area contributed by atoms with Gasteiger partial charge in [0, 0.05) is 19.3 Å². The van der Waals surface area contributed by atoms with Gasteiger partial charge in [-0.3, -0.25) is 9.78 Å². The molecule has 122 valence electrons. The molecule has 0 aliphatic carbocycles. The van der Waals surface area contributed by atoms with Gasteiger partial charge in [0.25, 0.3) is 5.91 Å². The molecule has 1 aliphatic heterocycles. The van der Waals surface area contributed by atoms with Crippen molar-refractivity contribution < 1.29 is 26.4 Å². The second-order valence-electron chi connectivity index (χ2n) is 5.19. The predicted molar refractivity (Wildman–Crippen MR) is 73.0 cm³/mol. The summed E-state index contributed by atoms with van der Waals surface area (Å²) in [5.74, 6) is -0.654. The first-order valence-corrected chi connectivity index (χ1v) is 8.37. The van der Waals surface area contributed by atoms with Gasteiger partial charge in [-0.15, -0.1) is 0 Å². The fourth-order valence-corrected chi connectivity index (χ4v) is 3.48. The van der Waals surface area contributed by atoms with E-state index in [1.165, 1.54) is 4.90 Å². The van der Waals surface area contributed by atoms with Crippen molar-refractivity contribution in [3.63, 3.8) is 0 Å². The summed E-state index contributed by atoms with van der Waals surface area (Å²) in [5, 5.41) is -0.531. The standard InChI is InChI=1S/C13H15F3N2O3S/c1-9-4-5-18(6-7-22(9,20)21)12(19)10-2-3-11(17-8-10)13(14,15)16/h2-3,8-9H,4-7H2,1H3. The monoisotopic (exact) mass is 336 g/mol. The molecule has 0 bridgehead atoms. The first-order chi connectivity index (χ1) is 10.1. The highest BCUT2D eigenvalue weighted by Crippen LogP contribution is 2.27. The smallest absolute Gasteiger partial charge is 0.338 e. The van der Waals surface area contributed by atoms with Crippen molar-refractivity contribution in [2.45, 2.75) is 24.8 Å². The Morgan fingerprint density at radius 2 is 2.00 bits per heavy atom. The number of alkyl halides is 3. The zero-order chi connectivity index (χ0) is 16.5. The number of hydrogen-bond donors (Lipinski definition) is 0. The predicted octanol–water partition coefficient (Wildman–Crippen LogP) is 1.75. The van der Waals surface area contributed by atoms with Crippen molar-refractivity contribution in [2.75, 3.05) is 18.8 Å². The molecule has 1 saturated heterocycles. The van der Waals surface area contributed by atoms with Gasteiger partial charge in [0.15, 0.2) is 9.84 Å². The number of pyridine rings is 1. The Hall–Kier alpha value is -1.64. The van der Waals surface area contributed by atoms with E-state index in [2.05, 4.69) is 4.98 Å². The third-order valence-electron chi connectivity index (χ3n) is 3.65. The van der Waals surface area contributed by atoms with Gasteiger partial charge in [-0.25, -0.2) is 8.42 Å². The molecule has 1 fully saturated rings. The number of rotatable bonds is 1. The van der Waals surface area contributed by atoms with E-state index < -0.39 is 32.9 Å². The Morgan fingerprint density at radius 1 is 1.32 bits per heavy atom. The fraction of sp³-hybridized carbons (Fsp3) is 0.538. The first kappa shape index (κ1) is 16.7. The van der Waals surface area contributed by atoms with Gasteiger partial charge in [-0.2, -0.15) is 13.2 Å². The molecule has 0 saturated carbocycles. The number of aromatic nitrogens is 1. The molecule has 1 aromatic heterocycles. The Kier molecular flexibility index (Phi) is 4.46. The lowest BCUT2D eigenvalue weighted by Crippen LogP contribution is -2.33. The largest absolute Gasteiger partial charge is 0.433 e. The molecule has 2 rings (SSSR count). The lowest BCUT2D eigenvalue weighted by atomic mass is 10.2. The lowest BCUT2D eigenvalue weighted by molar-refractivity contribution is -0.141. The summed E-state index contributed by atoms with van der Waals surface area (Å²) in [5.41, 5.74) is -1.06. The van der Waals surface area contributed by atoms with E-state index in [0.29, 0.717) is 6.42 Å². The van der Waals surface area contributed by atoms with Crippen LogP contribution in [0.4, 0.5) is 13.2 Å². The van der Waals surface area contributed by atoms with Gasteiger partial charge in [-0.05, 0) is 25.5 Å². The molecule has 5 nitrogen and oxygen atoms in total. The zero-order valence-corrected chi connectivity index (χ0v) is 12.6. The number of hydrogen-bond acceptors (Lipinski definition) is 4. The molecule has 2 heterocycles. The van der Waals surface area contributed by atoms with Crippen molar-refractivity contribution >= 4 is 15.7 Å². The molecule has 0 spiro atoms. The van der Waals surface area contributed by atoms with Gasteiger partial charge < -0.3 is 4.90 Å². The Balaban J connectivity index is 2.15. The quantitative estimate of drug-likeness (QED) is 0.784. The van der Waals surface area contributed by atoms with Gasteiger partial charge in [0.05, 0.1) is 16.6 Å².